The number of aromatic carboxylic acids is 1. The summed E-state index contributed by atoms with van der Waals surface area (Å²) in [4.78, 5) is 16.0. The molecule has 2 rings (SSSR count). The number of carboxylic acid groups (broad SMARTS) is 1. The van der Waals surface area contributed by atoms with Crippen LogP contribution in [0, 0.1) is 0 Å². The zero-order valence-corrected chi connectivity index (χ0v) is 13.1. The number of rotatable bonds is 4. The summed E-state index contributed by atoms with van der Waals surface area (Å²) in [7, 11) is 0. The molecule has 0 fully saturated rings. The lowest BCUT2D eigenvalue weighted by Gasteiger charge is -2.00. The fourth-order valence-corrected chi connectivity index (χ4v) is 3.36. The van der Waals surface area contributed by atoms with E-state index < -0.39 is 5.97 Å². The van der Waals surface area contributed by atoms with E-state index in [0.717, 1.165) is 15.0 Å². The van der Waals surface area contributed by atoms with Crippen molar-refractivity contribution in [3.05, 3.63) is 49.9 Å². The highest BCUT2D eigenvalue weighted by Gasteiger charge is 2.19. The summed E-state index contributed by atoms with van der Waals surface area (Å²) >= 11 is 4.70. The zero-order valence-electron chi connectivity index (χ0n) is 10.7. The molecule has 0 saturated heterocycles. The van der Waals surface area contributed by atoms with Crippen LogP contribution in [0.3, 0.4) is 0 Å². The third kappa shape index (κ3) is 3.42. The molecule has 0 bridgehead atoms. The van der Waals surface area contributed by atoms with Crippen LogP contribution < -0.4 is 0 Å². The van der Waals surface area contributed by atoms with E-state index in [1.165, 1.54) is 11.3 Å². The van der Waals surface area contributed by atoms with Crippen molar-refractivity contribution in [3.8, 4) is 0 Å². The Balaban J connectivity index is 2.31. The summed E-state index contributed by atoms with van der Waals surface area (Å²) in [5.74, 6) is -0.764. The molecular weight excluding hydrogens is 326 g/mol. The highest BCUT2D eigenvalue weighted by atomic mass is 79.9. The van der Waals surface area contributed by atoms with Crippen molar-refractivity contribution in [1.82, 2.24) is 4.98 Å². The van der Waals surface area contributed by atoms with Gasteiger partial charge in [0.05, 0.1) is 10.7 Å². The van der Waals surface area contributed by atoms with Crippen LogP contribution in [0.15, 0.2) is 28.7 Å². The minimum Gasteiger partial charge on any atom is -0.477 e. The van der Waals surface area contributed by atoms with E-state index in [1.807, 2.05) is 38.1 Å². The number of carbonyl (C=O) groups is 1. The summed E-state index contributed by atoms with van der Waals surface area (Å²) in [6, 6.07) is 7.97. The molecular formula is C14H14BrNO2S. The van der Waals surface area contributed by atoms with E-state index in [0.29, 0.717) is 17.0 Å². The molecule has 0 saturated carbocycles. The Morgan fingerprint density at radius 3 is 2.74 bits per heavy atom. The number of thiazole rings is 1. The van der Waals surface area contributed by atoms with Crippen molar-refractivity contribution in [1.29, 1.82) is 0 Å². The molecule has 0 amide bonds. The van der Waals surface area contributed by atoms with Gasteiger partial charge in [0.25, 0.3) is 0 Å². The quantitative estimate of drug-likeness (QED) is 0.902. The van der Waals surface area contributed by atoms with Crippen molar-refractivity contribution in [2.75, 3.05) is 0 Å². The van der Waals surface area contributed by atoms with Crippen LogP contribution in [0.25, 0.3) is 0 Å². The standard InChI is InChI=1S/C14H14BrNO2S/c1-8(2)12-13(14(17)18)19-11(16-12)7-9-4-3-5-10(15)6-9/h3-6,8H,7H2,1-2H3,(H,17,18). The van der Waals surface area contributed by atoms with E-state index in [4.69, 9.17) is 0 Å². The van der Waals surface area contributed by atoms with E-state index in [9.17, 15) is 9.90 Å². The minimum atomic E-state index is -0.887. The van der Waals surface area contributed by atoms with Crippen molar-refractivity contribution in [2.24, 2.45) is 0 Å². The summed E-state index contributed by atoms with van der Waals surface area (Å²) < 4.78 is 1.02. The van der Waals surface area contributed by atoms with Gasteiger partial charge >= 0.3 is 5.97 Å². The molecule has 0 spiro atoms. The third-order valence-corrected chi connectivity index (χ3v) is 4.24. The van der Waals surface area contributed by atoms with Crippen LogP contribution in [0.1, 0.15) is 45.7 Å². The molecule has 19 heavy (non-hydrogen) atoms. The van der Waals surface area contributed by atoms with Gasteiger partial charge in [0.2, 0.25) is 0 Å². The second-order valence-electron chi connectivity index (χ2n) is 4.59. The Hall–Kier alpha value is -1.20. The van der Waals surface area contributed by atoms with Gasteiger partial charge in [-0.1, -0.05) is 41.9 Å². The number of aromatic nitrogens is 1. The zero-order chi connectivity index (χ0) is 14.0. The monoisotopic (exact) mass is 339 g/mol. The lowest BCUT2D eigenvalue weighted by atomic mass is 10.1. The Morgan fingerprint density at radius 2 is 2.21 bits per heavy atom. The van der Waals surface area contributed by atoms with Crippen molar-refractivity contribution < 1.29 is 9.90 Å². The molecule has 0 aliphatic heterocycles. The van der Waals surface area contributed by atoms with Gasteiger partial charge in [-0.15, -0.1) is 11.3 Å². The molecule has 0 unspecified atom stereocenters. The topological polar surface area (TPSA) is 50.2 Å². The molecule has 0 aliphatic carbocycles. The molecule has 1 N–H and O–H groups in total. The third-order valence-electron chi connectivity index (χ3n) is 2.68. The first-order chi connectivity index (χ1) is 8.97. The Morgan fingerprint density at radius 1 is 1.47 bits per heavy atom. The largest absolute Gasteiger partial charge is 0.477 e. The Bertz CT molecular complexity index is 607. The van der Waals surface area contributed by atoms with Gasteiger partial charge in [0.1, 0.15) is 4.88 Å². The first-order valence-electron chi connectivity index (χ1n) is 5.94. The van der Waals surface area contributed by atoms with Gasteiger partial charge in [-0.05, 0) is 23.6 Å². The van der Waals surface area contributed by atoms with Gasteiger partial charge in [0, 0.05) is 10.9 Å². The fourth-order valence-electron chi connectivity index (χ4n) is 1.82. The van der Waals surface area contributed by atoms with Crippen molar-refractivity contribution in [3.63, 3.8) is 0 Å². The summed E-state index contributed by atoms with van der Waals surface area (Å²) in [5.41, 5.74) is 1.80. The number of halogens is 1. The van der Waals surface area contributed by atoms with E-state index in [1.54, 1.807) is 0 Å². The van der Waals surface area contributed by atoms with Gasteiger partial charge in [0.15, 0.2) is 0 Å². The fraction of sp³-hybridized carbons (Fsp3) is 0.286. The van der Waals surface area contributed by atoms with Crippen LogP contribution in [0.4, 0.5) is 0 Å². The van der Waals surface area contributed by atoms with Crippen LogP contribution >= 0.6 is 27.3 Å². The molecule has 0 aliphatic rings. The van der Waals surface area contributed by atoms with Gasteiger partial charge in [-0.2, -0.15) is 0 Å². The maximum atomic E-state index is 11.2. The molecule has 3 nitrogen and oxygen atoms in total. The molecule has 100 valence electrons. The maximum absolute atomic E-state index is 11.2. The molecule has 1 aromatic heterocycles. The average Bonchev–Trinajstić information content (AvgIpc) is 2.73. The van der Waals surface area contributed by atoms with Crippen LogP contribution in [0.5, 0.6) is 0 Å². The number of benzene rings is 1. The van der Waals surface area contributed by atoms with E-state index >= 15 is 0 Å². The van der Waals surface area contributed by atoms with Crippen LogP contribution in [0.2, 0.25) is 0 Å². The highest BCUT2D eigenvalue weighted by Crippen LogP contribution is 2.27. The van der Waals surface area contributed by atoms with Gasteiger partial charge in [-0.25, -0.2) is 9.78 Å². The molecule has 0 atom stereocenters. The molecule has 5 heteroatoms. The van der Waals surface area contributed by atoms with E-state index in [-0.39, 0.29) is 5.92 Å². The highest BCUT2D eigenvalue weighted by molar-refractivity contribution is 9.10. The lowest BCUT2D eigenvalue weighted by molar-refractivity contribution is 0.0700. The first kappa shape index (κ1) is 14.2. The minimum absolute atomic E-state index is 0.124. The Kier molecular flexibility index (Phi) is 4.37. The number of hydrogen-bond donors (Lipinski definition) is 1. The predicted octanol–water partition coefficient (Wildman–Crippen LogP) is 4.32. The van der Waals surface area contributed by atoms with E-state index in [2.05, 4.69) is 20.9 Å². The van der Waals surface area contributed by atoms with Gasteiger partial charge < -0.3 is 5.11 Å². The normalized spacial score (nSPS) is 10.9. The second-order valence-corrected chi connectivity index (χ2v) is 6.59. The molecule has 2 aromatic rings. The SMILES string of the molecule is CC(C)c1nc(Cc2cccc(Br)c2)sc1C(=O)O. The van der Waals surface area contributed by atoms with Crippen molar-refractivity contribution in [2.45, 2.75) is 26.2 Å². The maximum Gasteiger partial charge on any atom is 0.347 e. The number of carboxylic acids is 1. The summed E-state index contributed by atoms with van der Waals surface area (Å²) in [5, 5.41) is 10.0. The molecule has 1 heterocycles. The second kappa shape index (κ2) is 5.84. The number of nitrogens with zero attached hydrogens (tertiary/aromatic N) is 1. The average molecular weight is 340 g/mol. The smallest absolute Gasteiger partial charge is 0.347 e. The van der Waals surface area contributed by atoms with Crippen molar-refractivity contribution >= 4 is 33.2 Å². The van der Waals surface area contributed by atoms with Gasteiger partial charge in [-0.3, -0.25) is 0 Å². The number of hydrogen-bond acceptors (Lipinski definition) is 3. The summed E-state index contributed by atoms with van der Waals surface area (Å²) in [6.45, 7) is 3.93. The molecule has 0 radical (unpaired) electrons. The lowest BCUT2D eigenvalue weighted by Crippen LogP contribution is -2.00. The predicted molar refractivity (Wildman–Crippen MR) is 80.1 cm³/mol. The Labute approximate surface area is 124 Å². The van der Waals surface area contributed by atoms with Crippen LogP contribution in [-0.4, -0.2) is 16.1 Å². The summed E-state index contributed by atoms with van der Waals surface area (Å²) in [6.07, 6.45) is 0.664. The molecule has 1 aromatic carbocycles. The van der Waals surface area contributed by atoms with Crippen LogP contribution in [-0.2, 0) is 6.42 Å². The first-order valence-corrected chi connectivity index (χ1v) is 7.55.